The SMILES string of the molecule is N=C(CO)c1ccc(Br)cc1NCc1ccccc1Cl. The highest BCUT2D eigenvalue weighted by Crippen LogP contribution is 2.24. The molecule has 3 N–H and O–H groups in total. The lowest BCUT2D eigenvalue weighted by molar-refractivity contribution is 0.357. The van der Waals surface area contributed by atoms with Crippen molar-refractivity contribution in [2.45, 2.75) is 6.54 Å². The summed E-state index contributed by atoms with van der Waals surface area (Å²) in [5.41, 5.74) is 2.64. The van der Waals surface area contributed by atoms with Crippen molar-refractivity contribution in [2.75, 3.05) is 11.9 Å². The van der Waals surface area contributed by atoms with Crippen LogP contribution in [0.1, 0.15) is 11.1 Å². The highest BCUT2D eigenvalue weighted by atomic mass is 79.9. The Bertz CT molecular complexity index is 631. The van der Waals surface area contributed by atoms with Crippen LogP contribution in [0, 0.1) is 5.41 Å². The van der Waals surface area contributed by atoms with Gasteiger partial charge in [0.25, 0.3) is 0 Å². The second-order valence-electron chi connectivity index (χ2n) is 4.27. The third-order valence-electron chi connectivity index (χ3n) is 2.89. The van der Waals surface area contributed by atoms with Gasteiger partial charge in [-0.15, -0.1) is 0 Å². The van der Waals surface area contributed by atoms with Gasteiger partial charge in [-0.3, -0.25) is 0 Å². The van der Waals surface area contributed by atoms with Crippen LogP contribution < -0.4 is 5.32 Å². The van der Waals surface area contributed by atoms with Gasteiger partial charge in [0.05, 0.1) is 12.3 Å². The maximum Gasteiger partial charge on any atom is 0.0852 e. The Morgan fingerprint density at radius 2 is 2.00 bits per heavy atom. The Morgan fingerprint density at radius 3 is 2.70 bits per heavy atom. The molecule has 0 fully saturated rings. The monoisotopic (exact) mass is 352 g/mol. The number of benzene rings is 2. The number of anilines is 1. The molecule has 20 heavy (non-hydrogen) atoms. The lowest BCUT2D eigenvalue weighted by Gasteiger charge is -2.13. The van der Waals surface area contributed by atoms with E-state index in [-0.39, 0.29) is 12.3 Å². The normalized spacial score (nSPS) is 10.3. The summed E-state index contributed by atoms with van der Waals surface area (Å²) in [6.07, 6.45) is 0. The molecule has 0 saturated carbocycles. The predicted molar refractivity (Wildman–Crippen MR) is 86.8 cm³/mol. The average Bonchev–Trinajstić information content (AvgIpc) is 2.46. The van der Waals surface area contributed by atoms with Gasteiger partial charge in [0, 0.05) is 27.3 Å². The highest BCUT2D eigenvalue weighted by Gasteiger charge is 2.08. The van der Waals surface area contributed by atoms with E-state index in [0.29, 0.717) is 17.1 Å². The first-order valence-electron chi connectivity index (χ1n) is 6.07. The molecule has 0 aliphatic carbocycles. The molecule has 0 aliphatic rings. The van der Waals surface area contributed by atoms with E-state index < -0.39 is 0 Å². The Morgan fingerprint density at radius 1 is 1.25 bits per heavy atom. The molecule has 5 heteroatoms. The molecule has 0 bridgehead atoms. The van der Waals surface area contributed by atoms with Gasteiger partial charge in [-0.05, 0) is 29.8 Å². The maximum atomic E-state index is 9.13. The van der Waals surface area contributed by atoms with Crippen molar-refractivity contribution in [1.82, 2.24) is 0 Å². The zero-order valence-corrected chi connectivity index (χ0v) is 13.0. The molecule has 3 nitrogen and oxygen atoms in total. The van der Waals surface area contributed by atoms with Gasteiger partial charge in [-0.1, -0.05) is 45.7 Å². The molecule has 0 atom stereocenters. The van der Waals surface area contributed by atoms with Gasteiger partial charge in [-0.2, -0.15) is 0 Å². The van der Waals surface area contributed by atoms with E-state index in [0.717, 1.165) is 15.7 Å². The van der Waals surface area contributed by atoms with Crippen molar-refractivity contribution in [3.8, 4) is 0 Å². The quantitative estimate of drug-likeness (QED) is 0.710. The van der Waals surface area contributed by atoms with E-state index in [2.05, 4.69) is 21.2 Å². The van der Waals surface area contributed by atoms with Crippen molar-refractivity contribution in [1.29, 1.82) is 5.41 Å². The Balaban J connectivity index is 2.22. The fraction of sp³-hybridized carbons (Fsp3) is 0.133. The topological polar surface area (TPSA) is 56.1 Å². The third kappa shape index (κ3) is 3.60. The highest BCUT2D eigenvalue weighted by molar-refractivity contribution is 9.10. The molecule has 0 aromatic heterocycles. The van der Waals surface area contributed by atoms with E-state index in [4.69, 9.17) is 22.1 Å². The van der Waals surface area contributed by atoms with Crippen LogP contribution >= 0.6 is 27.5 Å². The molecule has 0 aliphatic heterocycles. The van der Waals surface area contributed by atoms with Crippen LogP contribution in [0.4, 0.5) is 5.69 Å². The number of halogens is 2. The van der Waals surface area contributed by atoms with Gasteiger partial charge < -0.3 is 15.8 Å². The van der Waals surface area contributed by atoms with Crippen LogP contribution in [0.3, 0.4) is 0 Å². The number of hydrogen-bond acceptors (Lipinski definition) is 3. The molecular weight excluding hydrogens is 340 g/mol. The zero-order chi connectivity index (χ0) is 14.5. The van der Waals surface area contributed by atoms with Gasteiger partial charge in [-0.25, -0.2) is 0 Å². The number of rotatable bonds is 5. The van der Waals surface area contributed by atoms with E-state index in [1.807, 2.05) is 36.4 Å². The molecule has 2 aromatic carbocycles. The van der Waals surface area contributed by atoms with E-state index in [1.54, 1.807) is 6.07 Å². The minimum atomic E-state index is -0.289. The molecule has 0 radical (unpaired) electrons. The molecular formula is C15H14BrClN2O. The summed E-state index contributed by atoms with van der Waals surface area (Å²) in [7, 11) is 0. The van der Waals surface area contributed by atoms with Crippen LogP contribution in [0.5, 0.6) is 0 Å². The van der Waals surface area contributed by atoms with Crippen molar-refractivity contribution in [2.24, 2.45) is 0 Å². The Hall–Kier alpha value is -1.36. The lowest BCUT2D eigenvalue weighted by atomic mass is 10.1. The summed E-state index contributed by atoms with van der Waals surface area (Å²) < 4.78 is 0.911. The standard InChI is InChI=1S/C15H14BrClN2O/c16-11-5-6-12(14(18)9-20)15(7-11)19-8-10-3-1-2-4-13(10)17/h1-7,18-20H,8-9H2. The van der Waals surface area contributed by atoms with Gasteiger partial charge in [0.15, 0.2) is 0 Å². The molecule has 0 spiro atoms. The van der Waals surface area contributed by atoms with Crippen molar-refractivity contribution in [3.63, 3.8) is 0 Å². The number of aliphatic hydroxyl groups is 1. The summed E-state index contributed by atoms with van der Waals surface area (Å²) in [5, 5.41) is 20.9. The fourth-order valence-electron chi connectivity index (χ4n) is 1.84. The van der Waals surface area contributed by atoms with Crippen molar-refractivity contribution >= 4 is 38.9 Å². The van der Waals surface area contributed by atoms with E-state index in [9.17, 15) is 0 Å². The minimum absolute atomic E-state index is 0.180. The van der Waals surface area contributed by atoms with Crippen LogP contribution in [0.2, 0.25) is 5.02 Å². The smallest absolute Gasteiger partial charge is 0.0852 e. The van der Waals surface area contributed by atoms with Crippen molar-refractivity contribution < 1.29 is 5.11 Å². The van der Waals surface area contributed by atoms with Crippen LogP contribution in [0.25, 0.3) is 0 Å². The first-order valence-corrected chi connectivity index (χ1v) is 7.24. The second-order valence-corrected chi connectivity index (χ2v) is 5.59. The van der Waals surface area contributed by atoms with E-state index in [1.165, 1.54) is 0 Å². The summed E-state index contributed by atoms with van der Waals surface area (Å²) in [6, 6.07) is 13.1. The third-order valence-corrected chi connectivity index (χ3v) is 3.75. The molecule has 0 saturated heterocycles. The molecule has 0 amide bonds. The first-order chi connectivity index (χ1) is 9.61. The molecule has 2 aromatic rings. The Kier molecular flexibility index (Phi) is 5.17. The largest absolute Gasteiger partial charge is 0.390 e. The summed E-state index contributed by atoms with van der Waals surface area (Å²) in [6.45, 7) is 0.268. The average molecular weight is 354 g/mol. The van der Waals surface area contributed by atoms with Gasteiger partial charge in [0.1, 0.15) is 0 Å². The zero-order valence-electron chi connectivity index (χ0n) is 10.7. The number of aliphatic hydroxyl groups excluding tert-OH is 1. The Labute approximate surface area is 131 Å². The van der Waals surface area contributed by atoms with Gasteiger partial charge in [0.2, 0.25) is 0 Å². The summed E-state index contributed by atoms with van der Waals surface area (Å²) in [5.74, 6) is 0. The molecule has 2 rings (SSSR count). The molecule has 0 heterocycles. The van der Waals surface area contributed by atoms with Crippen LogP contribution in [-0.4, -0.2) is 17.4 Å². The number of nitrogens with one attached hydrogen (secondary N) is 2. The summed E-state index contributed by atoms with van der Waals surface area (Å²) >= 11 is 9.53. The van der Waals surface area contributed by atoms with Gasteiger partial charge >= 0.3 is 0 Å². The predicted octanol–water partition coefficient (Wildman–Crippen LogP) is 4.07. The van der Waals surface area contributed by atoms with E-state index >= 15 is 0 Å². The fourth-order valence-corrected chi connectivity index (χ4v) is 2.41. The molecule has 0 unspecified atom stereocenters. The van der Waals surface area contributed by atoms with Crippen LogP contribution in [-0.2, 0) is 6.54 Å². The summed E-state index contributed by atoms with van der Waals surface area (Å²) in [4.78, 5) is 0. The lowest BCUT2D eigenvalue weighted by Crippen LogP contribution is -2.10. The number of hydrogen-bond donors (Lipinski definition) is 3. The minimum Gasteiger partial charge on any atom is -0.390 e. The maximum absolute atomic E-state index is 9.13. The first kappa shape index (κ1) is 15.0. The van der Waals surface area contributed by atoms with Crippen molar-refractivity contribution in [3.05, 3.63) is 63.1 Å². The second kappa shape index (κ2) is 6.88. The van der Waals surface area contributed by atoms with Crippen LogP contribution in [0.15, 0.2) is 46.9 Å². The molecule has 104 valence electrons.